The molecular formula is C18H15F3N2O2. The molecule has 2 aliphatic heterocycles. The second-order valence-corrected chi connectivity index (χ2v) is 6.39. The first-order chi connectivity index (χ1) is 11.8. The Bertz CT molecular complexity index is 812. The molecule has 1 N–H and O–H groups in total. The minimum Gasteiger partial charge on any atom is -0.464 e. The lowest BCUT2D eigenvalue weighted by molar-refractivity contribution is -0.137. The van der Waals surface area contributed by atoms with Crippen LogP contribution in [0.4, 0.5) is 13.2 Å². The molecule has 0 saturated carbocycles. The van der Waals surface area contributed by atoms with Crippen molar-refractivity contribution >= 4 is 5.91 Å². The van der Waals surface area contributed by atoms with E-state index in [2.05, 4.69) is 5.32 Å². The number of ether oxygens (including phenoxy) is 1. The summed E-state index contributed by atoms with van der Waals surface area (Å²) >= 11 is 0. The predicted molar refractivity (Wildman–Crippen MR) is 84.0 cm³/mol. The SMILES string of the molecule is O=C1NC2(CN(Cc3ccc(C(F)(F)F)cc3)C2)Oc2ccccc21. The van der Waals surface area contributed by atoms with Gasteiger partial charge in [-0.1, -0.05) is 24.3 Å². The second-order valence-electron chi connectivity index (χ2n) is 6.39. The highest BCUT2D eigenvalue weighted by atomic mass is 19.4. The zero-order valence-electron chi connectivity index (χ0n) is 13.1. The number of hydrogen-bond donors (Lipinski definition) is 1. The van der Waals surface area contributed by atoms with Gasteiger partial charge in [-0.15, -0.1) is 0 Å². The van der Waals surface area contributed by atoms with Crippen LogP contribution in [0.2, 0.25) is 0 Å². The predicted octanol–water partition coefficient (Wildman–Crippen LogP) is 3.04. The van der Waals surface area contributed by atoms with E-state index in [1.54, 1.807) is 18.2 Å². The van der Waals surface area contributed by atoms with Gasteiger partial charge in [0.25, 0.3) is 5.91 Å². The molecule has 4 rings (SSSR count). The quantitative estimate of drug-likeness (QED) is 0.907. The van der Waals surface area contributed by atoms with Crippen molar-refractivity contribution in [3.05, 3.63) is 65.2 Å². The van der Waals surface area contributed by atoms with Crippen molar-refractivity contribution in [1.29, 1.82) is 0 Å². The maximum Gasteiger partial charge on any atom is 0.416 e. The highest BCUT2D eigenvalue weighted by Gasteiger charge is 2.49. The fraction of sp³-hybridized carbons (Fsp3) is 0.278. The van der Waals surface area contributed by atoms with E-state index in [1.165, 1.54) is 12.1 Å². The normalized spacial score (nSPS) is 18.9. The molecule has 2 aliphatic rings. The molecule has 130 valence electrons. The number of benzene rings is 2. The molecule has 1 saturated heterocycles. The number of halogens is 3. The number of rotatable bonds is 2. The Kier molecular flexibility index (Phi) is 3.50. The minimum absolute atomic E-state index is 0.170. The highest BCUT2D eigenvalue weighted by molar-refractivity contribution is 5.98. The van der Waals surface area contributed by atoms with Crippen molar-refractivity contribution in [2.45, 2.75) is 18.4 Å². The third kappa shape index (κ3) is 2.95. The number of hydrogen-bond acceptors (Lipinski definition) is 3. The summed E-state index contributed by atoms with van der Waals surface area (Å²) in [6, 6.07) is 12.2. The molecule has 1 amide bonds. The van der Waals surface area contributed by atoms with Crippen LogP contribution in [0.25, 0.3) is 0 Å². The first-order valence-corrected chi connectivity index (χ1v) is 7.84. The number of amides is 1. The van der Waals surface area contributed by atoms with Crippen LogP contribution in [-0.4, -0.2) is 29.6 Å². The third-order valence-corrected chi connectivity index (χ3v) is 4.42. The Morgan fingerprint density at radius 3 is 2.44 bits per heavy atom. The van der Waals surface area contributed by atoms with Crippen LogP contribution in [0, 0.1) is 0 Å². The molecule has 0 radical (unpaired) electrons. The van der Waals surface area contributed by atoms with Gasteiger partial charge in [-0.2, -0.15) is 13.2 Å². The van der Waals surface area contributed by atoms with E-state index in [1.807, 2.05) is 11.0 Å². The molecule has 4 nitrogen and oxygen atoms in total. The fourth-order valence-electron chi connectivity index (χ4n) is 3.24. The van der Waals surface area contributed by atoms with Crippen LogP contribution in [-0.2, 0) is 12.7 Å². The summed E-state index contributed by atoms with van der Waals surface area (Å²) in [6.07, 6.45) is -4.33. The van der Waals surface area contributed by atoms with Gasteiger partial charge in [-0.25, -0.2) is 0 Å². The number of likely N-dealkylation sites (tertiary alicyclic amines) is 1. The van der Waals surface area contributed by atoms with Gasteiger partial charge >= 0.3 is 6.18 Å². The average Bonchev–Trinajstić information content (AvgIpc) is 2.53. The molecule has 2 heterocycles. The number of carbonyl (C=O) groups is 1. The molecule has 0 aliphatic carbocycles. The maximum absolute atomic E-state index is 12.6. The Morgan fingerprint density at radius 2 is 1.76 bits per heavy atom. The largest absolute Gasteiger partial charge is 0.464 e. The van der Waals surface area contributed by atoms with Crippen LogP contribution in [0.1, 0.15) is 21.5 Å². The molecule has 0 unspecified atom stereocenters. The molecule has 1 spiro atoms. The Morgan fingerprint density at radius 1 is 1.08 bits per heavy atom. The van der Waals surface area contributed by atoms with E-state index in [0.29, 0.717) is 30.9 Å². The van der Waals surface area contributed by atoms with Crippen molar-refractivity contribution < 1.29 is 22.7 Å². The molecule has 25 heavy (non-hydrogen) atoms. The lowest BCUT2D eigenvalue weighted by Crippen LogP contribution is -2.74. The summed E-state index contributed by atoms with van der Waals surface area (Å²) < 4.78 is 43.7. The van der Waals surface area contributed by atoms with Crippen molar-refractivity contribution in [2.75, 3.05) is 13.1 Å². The number of carbonyl (C=O) groups excluding carboxylic acids is 1. The van der Waals surface area contributed by atoms with Crippen molar-refractivity contribution in [3.8, 4) is 5.75 Å². The van der Waals surface area contributed by atoms with E-state index >= 15 is 0 Å². The van der Waals surface area contributed by atoms with Gasteiger partial charge in [-0.05, 0) is 29.8 Å². The topological polar surface area (TPSA) is 41.6 Å². The lowest BCUT2D eigenvalue weighted by atomic mass is 9.98. The molecule has 2 aromatic carbocycles. The van der Waals surface area contributed by atoms with Crippen molar-refractivity contribution in [1.82, 2.24) is 10.2 Å². The molecule has 0 aromatic heterocycles. The Hall–Kier alpha value is -2.54. The van der Waals surface area contributed by atoms with E-state index in [4.69, 9.17) is 4.74 Å². The fourth-order valence-corrected chi connectivity index (χ4v) is 3.24. The monoisotopic (exact) mass is 348 g/mol. The van der Waals surface area contributed by atoms with Crippen LogP contribution in [0.5, 0.6) is 5.75 Å². The summed E-state index contributed by atoms with van der Waals surface area (Å²) in [5, 5.41) is 2.88. The van der Waals surface area contributed by atoms with E-state index in [-0.39, 0.29) is 5.91 Å². The summed E-state index contributed by atoms with van der Waals surface area (Å²) in [7, 11) is 0. The molecule has 2 aromatic rings. The van der Waals surface area contributed by atoms with Crippen molar-refractivity contribution in [3.63, 3.8) is 0 Å². The molecule has 7 heteroatoms. The minimum atomic E-state index is -4.33. The van der Waals surface area contributed by atoms with Crippen LogP contribution >= 0.6 is 0 Å². The maximum atomic E-state index is 12.6. The summed E-state index contributed by atoms with van der Waals surface area (Å²) in [5.41, 5.74) is -0.118. The smallest absolute Gasteiger partial charge is 0.416 e. The van der Waals surface area contributed by atoms with Gasteiger partial charge in [0, 0.05) is 6.54 Å². The first kappa shape index (κ1) is 16.0. The molecule has 0 atom stereocenters. The zero-order valence-corrected chi connectivity index (χ0v) is 13.1. The Balaban J connectivity index is 1.40. The average molecular weight is 348 g/mol. The summed E-state index contributed by atoms with van der Waals surface area (Å²) in [4.78, 5) is 14.2. The Labute approximate surface area is 142 Å². The van der Waals surface area contributed by atoms with E-state index < -0.39 is 17.5 Å². The number of para-hydroxylation sites is 1. The van der Waals surface area contributed by atoms with Gasteiger partial charge in [-0.3, -0.25) is 9.69 Å². The number of nitrogens with zero attached hydrogens (tertiary/aromatic N) is 1. The first-order valence-electron chi connectivity index (χ1n) is 7.84. The lowest BCUT2D eigenvalue weighted by Gasteiger charge is -2.51. The van der Waals surface area contributed by atoms with Crippen molar-refractivity contribution in [2.24, 2.45) is 0 Å². The van der Waals surface area contributed by atoms with Crippen LogP contribution in [0.3, 0.4) is 0 Å². The van der Waals surface area contributed by atoms with Gasteiger partial charge < -0.3 is 10.1 Å². The highest BCUT2D eigenvalue weighted by Crippen LogP contribution is 2.34. The molecule has 0 bridgehead atoms. The third-order valence-electron chi connectivity index (χ3n) is 4.42. The molecule has 1 fully saturated rings. The number of alkyl halides is 3. The summed E-state index contributed by atoms with van der Waals surface area (Å²) in [6.45, 7) is 1.46. The van der Waals surface area contributed by atoms with Gasteiger partial charge in [0.15, 0.2) is 0 Å². The zero-order chi connectivity index (χ0) is 17.7. The van der Waals surface area contributed by atoms with Crippen LogP contribution in [0.15, 0.2) is 48.5 Å². The summed E-state index contributed by atoms with van der Waals surface area (Å²) in [5.74, 6) is 0.386. The number of nitrogens with one attached hydrogen (secondary N) is 1. The number of fused-ring (bicyclic) bond motifs is 1. The molecular weight excluding hydrogens is 333 g/mol. The van der Waals surface area contributed by atoms with Gasteiger partial charge in [0.2, 0.25) is 5.72 Å². The second kappa shape index (κ2) is 5.49. The standard InChI is InChI=1S/C18H15F3N2O2/c19-18(20,21)13-7-5-12(6-8-13)9-23-10-17(11-23)22-16(24)14-3-1-2-4-15(14)25-17/h1-8H,9-11H2,(H,22,24). The van der Waals surface area contributed by atoms with Gasteiger partial charge in [0.1, 0.15) is 5.75 Å². The van der Waals surface area contributed by atoms with Crippen LogP contribution < -0.4 is 10.1 Å². The van der Waals surface area contributed by atoms with E-state index in [0.717, 1.165) is 17.7 Å². The van der Waals surface area contributed by atoms with E-state index in [9.17, 15) is 18.0 Å². The van der Waals surface area contributed by atoms with Gasteiger partial charge in [0.05, 0.1) is 24.2 Å².